The Morgan fingerprint density at radius 3 is 1.17 bits per heavy atom. The van der Waals surface area contributed by atoms with Crippen LogP contribution in [0.3, 0.4) is 0 Å². The SMILES string of the molecule is CC(C)c1cccc(C(C)C)c1-n1cn[n+]([B-][n+]2cn(-c3c(C(C)C)cccc3C(C)C)cn2)c1. The monoisotopic (exact) mass is 469 g/mol. The van der Waals surface area contributed by atoms with Crippen LogP contribution in [0, 0.1) is 0 Å². The van der Waals surface area contributed by atoms with E-state index in [1.165, 1.54) is 33.6 Å². The molecule has 4 aromatic rings. The molecule has 0 N–H and O–H groups in total. The van der Waals surface area contributed by atoms with Gasteiger partial charge in [-0.2, -0.15) is 9.13 Å². The zero-order valence-corrected chi connectivity index (χ0v) is 22.3. The summed E-state index contributed by atoms with van der Waals surface area (Å²) >= 11 is 0. The summed E-state index contributed by atoms with van der Waals surface area (Å²) in [6, 6.07) is 13.2. The summed E-state index contributed by atoms with van der Waals surface area (Å²) in [6.45, 7) is 17.9. The maximum atomic E-state index is 4.62. The highest BCUT2D eigenvalue weighted by atomic mass is 15.4. The molecule has 0 fully saturated rings. The van der Waals surface area contributed by atoms with Crippen LogP contribution in [0.1, 0.15) is 101 Å². The van der Waals surface area contributed by atoms with Gasteiger partial charge in [0.25, 0.3) is 7.55 Å². The molecule has 0 amide bonds. The van der Waals surface area contributed by atoms with Crippen LogP contribution in [-0.4, -0.2) is 26.9 Å². The fourth-order valence-corrected chi connectivity index (χ4v) is 4.70. The molecule has 0 atom stereocenters. The largest absolute Gasteiger partial charge is 0.339 e. The van der Waals surface area contributed by atoms with Crippen LogP contribution >= 0.6 is 0 Å². The van der Waals surface area contributed by atoms with Gasteiger partial charge in [-0.1, -0.05) is 102 Å². The normalized spacial score (nSPS) is 12.0. The summed E-state index contributed by atoms with van der Waals surface area (Å²) in [6.07, 6.45) is 7.79. The van der Waals surface area contributed by atoms with Crippen molar-refractivity contribution in [1.82, 2.24) is 19.3 Å². The first-order valence-corrected chi connectivity index (χ1v) is 12.7. The van der Waals surface area contributed by atoms with Gasteiger partial charge in [-0.15, -0.1) is 0 Å². The lowest BCUT2D eigenvalue weighted by Crippen LogP contribution is -2.60. The van der Waals surface area contributed by atoms with E-state index in [0.717, 1.165) is 0 Å². The highest BCUT2D eigenvalue weighted by molar-refractivity contribution is 6.11. The van der Waals surface area contributed by atoms with E-state index < -0.39 is 0 Å². The molecule has 7 heteroatoms. The number of hydrogen-bond donors (Lipinski definition) is 0. The summed E-state index contributed by atoms with van der Waals surface area (Å²) in [5, 5.41) is 9.23. The van der Waals surface area contributed by atoms with Gasteiger partial charge >= 0.3 is 0 Å². The number of rotatable bonds is 8. The highest BCUT2D eigenvalue weighted by Gasteiger charge is 2.21. The maximum absolute atomic E-state index is 4.62. The second-order valence-corrected chi connectivity index (χ2v) is 10.6. The Morgan fingerprint density at radius 1 is 0.571 bits per heavy atom. The summed E-state index contributed by atoms with van der Waals surface area (Å²) < 4.78 is 7.89. The van der Waals surface area contributed by atoms with Crippen LogP contribution in [0.25, 0.3) is 11.4 Å². The Balaban J connectivity index is 1.67. The van der Waals surface area contributed by atoms with Gasteiger partial charge in [0.1, 0.15) is 11.4 Å². The van der Waals surface area contributed by atoms with Gasteiger partial charge in [0.15, 0.2) is 0 Å². The average molecular weight is 469 g/mol. The van der Waals surface area contributed by atoms with E-state index in [9.17, 15) is 0 Å². The van der Waals surface area contributed by atoms with Crippen molar-refractivity contribution in [3.63, 3.8) is 0 Å². The second-order valence-electron chi connectivity index (χ2n) is 10.6. The third-order valence-corrected chi connectivity index (χ3v) is 6.54. The predicted octanol–water partition coefficient (Wildman–Crippen LogP) is 5.06. The van der Waals surface area contributed by atoms with Crippen LogP contribution in [-0.2, 0) is 0 Å². The van der Waals surface area contributed by atoms with Gasteiger partial charge in [-0.3, -0.25) is 0 Å². The number of nitrogens with zero attached hydrogens (tertiary/aromatic N) is 6. The number of para-hydroxylation sites is 2. The van der Waals surface area contributed by atoms with E-state index in [1.807, 2.05) is 42.0 Å². The van der Waals surface area contributed by atoms with Gasteiger partial charge < -0.3 is 9.19 Å². The molecule has 2 heterocycles. The molecule has 4 rings (SSSR count). The van der Waals surface area contributed by atoms with Crippen LogP contribution in [0.2, 0.25) is 0 Å². The van der Waals surface area contributed by atoms with E-state index in [-0.39, 0.29) is 0 Å². The minimum atomic E-state index is 0.421. The van der Waals surface area contributed by atoms with Crippen LogP contribution in [0.15, 0.2) is 61.7 Å². The van der Waals surface area contributed by atoms with Crippen molar-refractivity contribution in [2.45, 2.75) is 79.1 Å². The Bertz CT molecular complexity index is 1150. The Hall–Kier alpha value is -3.22. The van der Waals surface area contributed by atoms with Crippen LogP contribution < -0.4 is 9.19 Å². The van der Waals surface area contributed by atoms with Gasteiger partial charge in [0.2, 0.25) is 25.3 Å². The van der Waals surface area contributed by atoms with Gasteiger partial charge in [0, 0.05) is 22.3 Å². The zero-order chi connectivity index (χ0) is 25.3. The minimum Gasteiger partial charge on any atom is -0.339 e. The van der Waals surface area contributed by atoms with E-state index in [2.05, 4.69) is 111 Å². The van der Waals surface area contributed by atoms with Crippen molar-refractivity contribution in [2.24, 2.45) is 0 Å². The molecular weight excluding hydrogens is 431 g/mol. The minimum absolute atomic E-state index is 0.421. The molecule has 35 heavy (non-hydrogen) atoms. The third kappa shape index (κ3) is 5.09. The molecule has 0 aliphatic carbocycles. The lowest BCUT2D eigenvalue weighted by atomic mass is 9.92. The lowest BCUT2D eigenvalue weighted by Gasteiger charge is -2.16. The highest BCUT2D eigenvalue weighted by Crippen LogP contribution is 2.31. The van der Waals surface area contributed by atoms with E-state index in [1.54, 1.807) is 0 Å². The van der Waals surface area contributed by atoms with Crippen molar-refractivity contribution in [2.75, 3.05) is 0 Å². The topological polar surface area (TPSA) is 43.4 Å². The van der Waals surface area contributed by atoms with Crippen molar-refractivity contribution < 1.29 is 9.19 Å². The average Bonchev–Trinajstić information content (AvgIpc) is 3.47. The molecule has 0 aliphatic rings. The molecule has 0 saturated carbocycles. The molecule has 6 nitrogen and oxygen atoms in total. The Kier molecular flexibility index (Phi) is 7.24. The maximum Gasteiger partial charge on any atom is 0.280 e. The Morgan fingerprint density at radius 2 is 0.886 bits per heavy atom. The molecule has 0 aliphatic heterocycles. The lowest BCUT2D eigenvalue weighted by molar-refractivity contribution is -0.719. The summed E-state index contributed by atoms with van der Waals surface area (Å²) in [4.78, 5) is 0. The first kappa shape index (κ1) is 24.9. The van der Waals surface area contributed by atoms with Crippen LogP contribution in [0.4, 0.5) is 0 Å². The molecule has 0 unspecified atom stereocenters. The number of aromatic nitrogens is 6. The molecular formula is C28H38BN6+. The molecule has 2 aromatic heterocycles. The Labute approximate surface area is 210 Å². The quantitative estimate of drug-likeness (QED) is 0.339. The second kappa shape index (κ2) is 10.2. The van der Waals surface area contributed by atoms with Crippen molar-refractivity contribution in [3.8, 4) is 11.4 Å². The molecule has 2 radical (unpaired) electrons. The summed E-state index contributed by atoms with van der Waals surface area (Å²) in [7, 11) is 1.90. The van der Waals surface area contributed by atoms with Gasteiger partial charge in [0.05, 0.1) is 0 Å². The molecule has 0 bridgehead atoms. The number of hydrogen-bond acceptors (Lipinski definition) is 2. The first-order chi connectivity index (χ1) is 16.7. The fraction of sp³-hybridized carbons (Fsp3) is 0.429. The molecule has 0 spiro atoms. The fourth-order valence-electron chi connectivity index (χ4n) is 4.70. The molecule has 182 valence electrons. The van der Waals surface area contributed by atoms with Crippen molar-refractivity contribution in [1.29, 1.82) is 0 Å². The van der Waals surface area contributed by atoms with Crippen LogP contribution in [0.5, 0.6) is 0 Å². The summed E-state index contributed by atoms with van der Waals surface area (Å²) in [5.74, 6) is 1.68. The van der Waals surface area contributed by atoms with E-state index in [4.69, 9.17) is 0 Å². The molecule has 0 saturated heterocycles. The van der Waals surface area contributed by atoms with Crippen molar-refractivity contribution in [3.05, 3.63) is 84.0 Å². The van der Waals surface area contributed by atoms with Gasteiger partial charge in [-0.05, 0) is 23.7 Å². The molecule has 2 aromatic carbocycles. The first-order valence-electron chi connectivity index (χ1n) is 12.7. The van der Waals surface area contributed by atoms with E-state index >= 15 is 0 Å². The smallest absolute Gasteiger partial charge is 0.280 e. The summed E-state index contributed by atoms with van der Waals surface area (Å²) in [5.41, 5.74) is 7.74. The van der Waals surface area contributed by atoms with E-state index in [0.29, 0.717) is 23.7 Å². The third-order valence-electron chi connectivity index (χ3n) is 6.54. The van der Waals surface area contributed by atoms with Gasteiger partial charge in [-0.25, -0.2) is 0 Å². The van der Waals surface area contributed by atoms with Crippen molar-refractivity contribution >= 4 is 7.55 Å². The number of benzene rings is 2. The zero-order valence-electron chi connectivity index (χ0n) is 22.3. The predicted molar refractivity (Wildman–Crippen MR) is 140 cm³/mol. The standard InChI is InChI=1S/C28H38BN6/c1-19(2)23-11-9-12-24(20(3)4)27(23)32-15-30-34(17-32)29-35-18-33(16-31-35)28-25(21(5)6)13-10-14-26(28)22(7)8/h9-22H,1-8H3/q+1.